The van der Waals surface area contributed by atoms with E-state index in [1.807, 2.05) is 18.7 Å². The third kappa shape index (κ3) is 12.8. The number of nitrogens with one attached hydrogen (secondary N) is 1. The van der Waals surface area contributed by atoms with Crippen LogP contribution in [-0.4, -0.2) is 57.4 Å². The molecule has 3 unspecified atom stereocenters. The topological polar surface area (TPSA) is 152 Å². The summed E-state index contributed by atoms with van der Waals surface area (Å²) >= 11 is 1.18. The monoisotopic (exact) mass is 690 g/mol. The van der Waals surface area contributed by atoms with Gasteiger partial charge in [-0.05, 0) is 63.1 Å². The molecular formula is C36H55FN4O6S. The maximum atomic E-state index is 14.2. The van der Waals surface area contributed by atoms with E-state index in [4.69, 9.17) is 10.5 Å². The molecule has 2 rings (SSSR count). The summed E-state index contributed by atoms with van der Waals surface area (Å²) in [6.07, 6.45) is 6.04. The molecule has 1 aromatic heterocycles. The standard InChI is InChI=1S/C36H55FN4O6S/c1-8-10-12-13-17-41(32(43)14-11-9-2)30(23(3)4)20-31(47-24(5)42)34-40-29(22-48-34)33(44)39-26(21-36(6,7)35(45)46)18-25-15-16-28(38)27(37)19-25/h15-16,19,22-23,26,30-31H,8-14,17-18,20-21,38H2,1-7H3,(H,39,44)(H,45,46). The van der Waals surface area contributed by atoms with E-state index in [-0.39, 0.29) is 42.1 Å². The van der Waals surface area contributed by atoms with E-state index in [1.165, 1.54) is 30.4 Å². The highest BCUT2D eigenvalue weighted by Crippen LogP contribution is 2.32. The van der Waals surface area contributed by atoms with Gasteiger partial charge in [0.1, 0.15) is 16.5 Å². The Balaban J connectivity index is 2.36. The molecule has 48 heavy (non-hydrogen) atoms. The number of ether oxygens (including phenoxy) is 1. The second-order valence-corrected chi connectivity index (χ2v) is 14.5. The second kappa shape index (κ2) is 19.5. The quantitative estimate of drug-likeness (QED) is 0.0700. The number of carboxylic acids is 1. The number of hydrogen-bond donors (Lipinski definition) is 3. The van der Waals surface area contributed by atoms with Crippen LogP contribution in [0.25, 0.3) is 0 Å². The number of amides is 2. The van der Waals surface area contributed by atoms with E-state index in [9.17, 15) is 28.7 Å². The molecule has 268 valence electrons. The van der Waals surface area contributed by atoms with Crippen molar-refractivity contribution >= 4 is 40.8 Å². The number of halogens is 1. The van der Waals surface area contributed by atoms with Crippen molar-refractivity contribution in [1.82, 2.24) is 15.2 Å². The largest absolute Gasteiger partial charge is 0.481 e. The Morgan fingerprint density at radius 2 is 1.79 bits per heavy atom. The Bertz CT molecular complexity index is 1360. The zero-order valence-electron chi connectivity index (χ0n) is 29.6. The van der Waals surface area contributed by atoms with Crippen LogP contribution in [0.5, 0.6) is 0 Å². The maximum absolute atomic E-state index is 14.2. The van der Waals surface area contributed by atoms with Crippen LogP contribution in [-0.2, 0) is 25.5 Å². The first kappa shape index (κ1) is 40.6. The Labute approximate surface area is 289 Å². The lowest BCUT2D eigenvalue weighted by Crippen LogP contribution is -2.45. The van der Waals surface area contributed by atoms with Gasteiger partial charge >= 0.3 is 11.9 Å². The van der Waals surface area contributed by atoms with E-state index in [1.54, 1.807) is 25.3 Å². The van der Waals surface area contributed by atoms with Crippen LogP contribution in [0.15, 0.2) is 23.6 Å². The number of nitrogens with zero attached hydrogens (tertiary/aromatic N) is 2. The van der Waals surface area contributed by atoms with Gasteiger partial charge in [-0.3, -0.25) is 19.2 Å². The van der Waals surface area contributed by atoms with Crippen LogP contribution >= 0.6 is 11.3 Å². The average molecular weight is 691 g/mol. The molecule has 2 amide bonds. The van der Waals surface area contributed by atoms with Crippen LogP contribution in [0.2, 0.25) is 0 Å². The lowest BCUT2D eigenvalue weighted by Gasteiger charge is -2.36. The fraction of sp³-hybridized carbons (Fsp3) is 0.639. The molecule has 2 aromatic rings. The number of benzene rings is 1. The molecule has 0 saturated heterocycles. The molecular weight excluding hydrogens is 635 g/mol. The number of unbranched alkanes of at least 4 members (excludes halogenated alkanes) is 4. The molecule has 0 aliphatic carbocycles. The number of carboxylic acid groups (broad SMARTS) is 1. The minimum absolute atomic E-state index is 0.00724. The molecule has 4 N–H and O–H groups in total. The number of esters is 1. The molecule has 0 aliphatic heterocycles. The molecule has 1 aromatic carbocycles. The van der Waals surface area contributed by atoms with Crippen molar-refractivity contribution in [2.24, 2.45) is 11.3 Å². The molecule has 0 spiro atoms. The number of hydrogen-bond acceptors (Lipinski definition) is 8. The summed E-state index contributed by atoms with van der Waals surface area (Å²) in [6, 6.07) is 3.47. The molecule has 0 radical (unpaired) electrons. The fourth-order valence-electron chi connectivity index (χ4n) is 5.69. The van der Waals surface area contributed by atoms with Gasteiger partial charge in [0.15, 0.2) is 6.10 Å². The lowest BCUT2D eigenvalue weighted by molar-refractivity contribution is -0.149. The van der Waals surface area contributed by atoms with Gasteiger partial charge in [-0.15, -0.1) is 11.3 Å². The van der Waals surface area contributed by atoms with Gasteiger partial charge in [0.05, 0.1) is 11.1 Å². The van der Waals surface area contributed by atoms with E-state index in [2.05, 4.69) is 24.1 Å². The molecule has 0 saturated carbocycles. The predicted octanol–water partition coefficient (Wildman–Crippen LogP) is 7.32. The van der Waals surface area contributed by atoms with Crippen molar-refractivity contribution in [1.29, 1.82) is 0 Å². The molecule has 0 aliphatic rings. The normalized spacial score (nSPS) is 13.5. The Morgan fingerprint density at radius 1 is 1.10 bits per heavy atom. The van der Waals surface area contributed by atoms with Crippen molar-refractivity contribution in [2.75, 3.05) is 12.3 Å². The van der Waals surface area contributed by atoms with E-state index in [0.717, 1.165) is 38.5 Å². The van der Waals surface area contributed by atoms with Gasteiger partial charge in [0, 0.05) is 43.8 Å². The SMILES string of the molecule is CCCCCCN(C(=O)CCCC)C(CC(OC(C)=O)c1nc(C(=O)NC(Cc2ccc(N)c(F)c2)CC(C)(C)C(=O)O)cs1)C(C)C. The summed E-state index contributed by atoms with van der Waals surface area (Å²) in [4.78, 5) is 57.7. The maximum Gasteiger partial charge on any atom is 0.309 e. The van der Waals surface area contributed by atoms with Crippen molar-refractivity contribution in [3.8, 4) is 0 Å². The minimum atomic E-state index is -1.18. The summed E-state index contributed by atoms with van der Waals surface area (Å²) in [7, 11) is 0. The number of carbonyl (C=O) groups excluding carboxylic acids is 3. The number of nitrogen functional groups attached to an aromatic ring is 1. The third-order valence-corrected chi connectivity index (χ3v) is 9.44. The van der Waals surface area contributed by atoms with E-state index >= 15 is 0 Å². The first-order chi connectivity index (χ1) is 22.6. The number of aliphatic carboxylic acids is 1. The van der Waals surface area contributed by atoms with Gasteiger partial charge in [-0.2, -0.15) is 0 Å². The summed E-state index contributed by atoms with van der Waals surface area (Å²) in [6.45, 7) is 13.4. The summed E-state index contributed by atoms with van der Waals surface area (Å²) in [5.41, 5.74) is 5.08. The zero-order valence-corrected chi connectivity index (χ0v) is 30.5. The molecule has 0 bridgehead atoms. The zero-order chi connectivity index (χ0) is 36.0. The highest BCUT2D eigenvalue weighted by atomic mass is 32.1. The van der Waals surface area contributed by atoms with Crippen LogP contribution in [0.1, 0.15) is 133 Å². The lowest BCUT2D eigenvalue weighted by atomic mass is 9.84. The fourth-order valence-corrected chi connectivity index (χ4v) is 6.53. The van der Waals surface area contributed by atoms with Gasteiger partial charge in [0.2, 0.25) is 5.91 Å². The van der Waals surface area contributed by atoms with Crippen molar-refractivity contribution in [3.05, 3.63) is 45.7 Å². The minimum Gasteiger partial charge on any atom is -0.481 e. The molecule has 0 fully saturated rings. The van der Waals surface area contributed by atoms with Crippen molar-refractivity contribution in [3.63, 3.8) is 0 Å². The number of anilines is 1. The number of carbonyl (C=O) groups is 4. The summed E-state index contributed by atoms with van der Waals surface area (Å²) in [5.74, 6) is -2.50. The van der Waals surface area contributed by atoms with Crippen LogP contribution in [0.3, 0.4) is 0 Å². The smallest absolute Gasteiger partial charge is 0.309 e. The van der Waals surface area contributed by atoms with Crippen LogP contribution in [0, 0.1) is 17.2 Å². The molecule has 12 heteroatoms. The number of nitrogens with two attached hydrogens (primary N) is 1. The third-order valence-electron chi connectivity index (χ3n) is 8.50. The number of thiazole rings is 1. The Kier molecular flexibility index (Phi) is 16.5. The second-order valence-electron chi connectivity index (χ2n) is 13.6. The number of rotatable bonds is 21. The Hall–Kier alpha value is -3.54. The molecule has 10 nitrogen and oxygen atoms in total. The van der Waals surface area contributed by atoms with Crippen molar-refractivity contribution in [2.45, 2.75) is 131 Å². The van der Waals surface area contributed by atoms with E-state index in [0.29, 0.717) is 30.0 Å². The van der Waals surface area contributed by atoms with Crippen LogP contribution in [0.4, 0.5) is 10.1 Å². The summed E-state index contributed by atoms with van der Waals surface area (Å²) in [5, 5.41) is 14.6. The van der Waals surface area contributed by atoms with E-state index < -0.39 is 41.2 Å². The average Bonchev–Trinajstić information content (AvgIpc) is 3.50. The Morgan fingerprint density at radius 3 is 2.38 bits per heavy atom. The van der Waals surface area contributed by atoms with Gasteiger partial charge < -0.3 is 25.8 Å². The van der Waals surface area contributed by atoms with Gasteiger partial charge in [0.25, 0.3) is 5.91 Å². The highest BCUT2D eigenvalue weighted by molar-refractivity contribution is 7.09. The molecule has 1 heterocycles. The van der Waals surface area contributed by atoms with Gasteiger partial charge in [-0.1, -0.05) is 59.4 Å². The summed E-state index contributed by atoms with van der Waals surface area (Å²) < 4.78 is 20.0. The molecule has 3 atom stereocenters. The first-order valence-corrected chi connectivity index (χ1v) is 18.0. The number of aromatic nitrogens is 1. The van der Waals surface area contributed by atoms with Crippen LogP contribution < -0.4 is 11.1 Å². The van der Waals surface area contributed by atoms with Gasteiger partial charge in [-0.25, -0.2) is 9.37 Å². The highest BCUT2D eigenvalue weighted by Gasteiger charge is 2.34. The predicted molar refractivity (Wildman–Crippen MR) is 187 cm³/mol. The first-order valence-electron chi connectivity index (χ1n) is 17.1. The van der Waals surface area contributed by atoms with Crippen molar-refractivity contribution < 1.29 is 33.4 Å².